The van der Waals surface area contributed by atoms with Gasteiger partial charge in [0, 0.05) is 35.2 Å². The molecule has 0 spiro atoms. The molecule has 1 unspecified atom stereocenters. The Kier molecular flexibility index (Phi) is 14.5. The van der Waals surface area contributed by atoms with E-state index in [4.69, 9.17) is 27.3 Å². The largest absolute Gasteiger partial charge is 0.695 e. The minimum Gasteiger partial charge on any atom is -0.408 e. The molecule has 0 radical (unpaired) electrons. The third-order valence-corrected chi connectivity index (χ3v) is 16.5. The molecule has 3 aromatic heterocycles. The molecule has 0 aromatic carbocycles. The Bertz CT molecular complexity index is 2030. The summed E-state index contributed by atoms with van der Waals surface area (Å²) < 4.78 is 64.6. The summed E-state index contributed by atoms with van der Waals surface area (Å²) in [6, 6.07) is 3.39. The van der Waals surface area contributed by atoms with Crippen molar-refractivity contribution < 1.29 is 51.2 Å². The quantitative estimate of drug-likeness (QED) is 0.0682. The van der Waals surface area contributed by atoms with Gasteiger partial charge >= 0.3 is 16.1 Å². The molecule has 2 aliphatic rings. The highest BCUT2D eigenvalue weighted by atomic mass is 31.2. The van der Waals surface area contributed by atoms with Crippen LogP contribution in [0, 0.1) is 23.2 Å². The number of aromatic nitrogens is 6. The molecule has 0 bridgehead atoms. The zero-order chi connectivity index (χ0) is 41.7. The van der Waals surface area contributed by atoms with Crippen LogP contribution in [0.4, 0.5) is 11.8 Å². The number of carbonyl (C=O) groups is 1. The normalized spacial score (nSPS) is 25.4. The van der Waals surface area contributed by atoms with Crippen LogP contribution in [-0.4, -0.2) is 104 Å². The number of aliphatic hydroxyl groups is 1. The van der Waals surface area contributed by atoms with E-state index in [-0.39, 0.29) is 47.8 Å². The average molecular weight is 855 g/mol. The first kappa shape index (κ1) is 44.5. The van der Waals surface area contributed by atoms with Gasteiger partial charge in [-0.05, 0) is 37.0 Å². The molecule has 4 heterocycles. The van der Waals surface area contributed by atoms with E-state index in [0.717, 1.165) is 0 Å². The Hall–Kier alpha value is -3.58. The van der Waals surface area contributed by atoms with Crippen molar-refractivity contribution in [1.29, 1.82) is 5.26 Å². The molecule has 1 saturated carbocycles. The number of fused-ring (bicyclic) bond motifs is 1. The number of carbonyl (C=O) groups excluding carboxylic acids is 1. The molecule has 9 atom stereocenters. The van der Waals surface area contributed by atoms with E-state index in [2.05, 4.69) is 35.6 Å². The number of phosphoric acid groups is 1. The Labute approximate surface area is 330 Å². The van der Waals surface area contributed by atoms with Gasteiger partial charge in [-0.15, -0.1) is 9.42 Å². The Morgan fingerprint density at radius 1 is 1.25 bits per heavy atom. The molecule has 1 amide bonds. The third kappa shape index (κ3) is 10.9. The molecule has 1 saturated heterocycles. The highest BCUT2D eigenvalue weighted by molar-refractivity contribution is 7.48. The highest BCUT2D eigenvalue weighted by Crippen LogP contribution is 2.54. The number of hydrogen-bond donors (Lipinski definition) is 5. The number of nitrogens with one attached hydrogen (secondary N) is 3. The SMILES string of the molecule is CC(C)C(=O)Nc1nc2c(ncn2[C@@H]2O[C@H](CO[P@@](=O)(OCCC#N)O[C@H]3C[C@H](Nc4ccncn4)C[C@@H]3CO)[C@@H](O[Si](C)(C)C(C)(C)C)[C@H]2O[P+](=O)O)c(=O)[nH]1. The van der Waals surface area contributed by atoms with Crippen molar-refractivity contribution >= 4 is 53.2 Å². The third-order valence-electron chi connectivity index (χ3n) is 10.1. The van der Waals surface area contributed by atoms with E-state index in [9.17, 15) is 34.0 Å². The smallest absolute Gasteiger partial charge is 0.408 e. The van der Waals surface area contributed by atoms with Gasteiger partial charge in [-0.1, -0.05) is 34.6 Å². The maximum Gasteiger partial charge on any atom is 0.695 e. The number of rotatable bonds is 18. The first-order valence-electron chi connectivity index (χ1n) is 18.4. The van der Waals surface area contributed by atoms with E-state index in [1.54, 1.807) is 26.1 Å². The molecule has 5 N–H and O–H groups in total. The molecule has 21 nitrogen and oxygen atoms in total. The first-order valence-corrected chi connectivity index (χ1v) is 23.9. The summed E-state index contributed by atoms with van der Waals surface area (Å²) in [6.07, 6.45) is -1.00. The number of amides is 1. The number of ether oxygens (including phenoxy) is 1. The van der Waals surface area contributed by atoms with Crippen LogP contribution in [0.3, 0.4) is 0 Å². The maximum atomic E-state index is 14.4. The van der Waals surface area contributed by atoms with Crippen LogP contribution in [0.2, 0.25) is 18.1 Å². The molecule has 24 heteroatoms. The number of anilines is 2. The second-order valence-electron chi connectivity index (χ2n) is 15.6. The Morgan fingerprint density at radius 2 is 2.00 bits per heavy atom. The number of imidazole rings is 1. The van der Waals surface area contributed by atoms with Gasteiger partial charge in [-0.2, -0.15) is 10.2 Å². The van der Waals surface area contributed by atoms with E-state index in [0.29, 0.717) is 18.7 Å². The van der Waals surface area contributed by atoms with Gasteiger partial charge in [0.1, 0.15) is 24.4 Å². The molecule has 1 aliphatic carbocycles. The summed E-state index contributed by atoms with van der Waals surface area (Å²) in [5.41, 5.74) is -0.848. The predicted octanol–water partition coefficient (Wildman–Crippen LogP) is 4.15. The lowest BCUT2D eigenvalue weighted by Gasteiger charge is -2.39. The number of nitriles is 1. The lowest BCUT2D eigenvalue weighted by atomic mass is 10.1. The van der Waals surface area contributed by atoms with E-state index < -0.39 is 84.9 Å². The van der Waals surface area contributed by atoms with Gasteiger partial charge in [-0.3, -0.25) is 38.0 Å². The minimum atomic E-state index is -4.53. The van der Waals surface area contributed by atoms with Crippen LogP contribution in [0.25, 0.3) is 11.2 Å². The highest BCUT2D eigenvalue weighted by Gasteiger charge is 2.56. The summed E-state index contributed by atoms with van der Waals surface area (Å²) in [6.45, 7) is 12.1. The van der Waals surface area contributed by atoms with Gasteiger partial charge in [0.2, 0.25) is 11.9 Å². The number of aromatic amines is 1. The first-order chi connectivity index (χ1) is 26.8. The van der Waals surface area contributed by atoms with Crippen molar-refractivity contribution in [3.8, 4) is 6.07 Å². The van der Waals surface area contributed by atoms with Crippen LogP contribution in [0.5, 0.6) is 0 Å². The second kappa shape index (κ2) is 18.6. The fraction of sp³-hybridized carbons (Fsp3) is 0.667. The van der Waals surface area contributed by atoms with Gasteiger partial charge in [0.15, 0.2) is 31.8 Å². The predicted molar refractivity (Wildman–Crippen MR) is 206 cm³/mol. The molecular formula is C33H50N9O12P2Si+. The molecule has 2 fully saturated rings. The zero-order valence-corrected chi connectivity index (χ0v) is 35.5. The van der Waals surface area contributed by atoms with Crippen molar-refractivity contribution in [3.05, 3.63) is 35.3 Å². The number of hydrogen-bond acceptors (Lipinski definition) is 17. The summed E-state index contributed by atoms with van der Waals surface area (Å²) >= 11 is 0. The minimum absolute atomic E-state index is 0.0486. The molecule has 1 aliphatic heterocycles. The Morgan fingerprint density at radius 3 is 2.63 bits per heavy atom. The lowest BCUT2D eigenvalue weighted by molar-refractivity contribution is -0.118. The molecule has 5 rings (SSSR count). The lowest BCUT2D eigenvalue weighted by Crippen LogP contribution is -2.50. The van der Waals surface area contributed by atoms with Crippen molar-refractivity contribution in [1.82, 2.24) is 29.5 Å². The monoisotopic (exact) mass is 854 g/mol. The zero-order valence-electron chi connectivity index (χ0n) is 32.7. The molecule has 312 valence electrons. The number of nitrogens with zero attached hydrogens (tertiary/aromatic N) is 6. The summed E-state index contributed by atoms with van der Waals surface area (Å²) in [7, 11) is -10.5. The fourth-order valence-corrected chi connectivity index (χ4v) is 9.30. The van der Waals surface area contributed by atoms with Crippen molar-refractivity contribution in [2.24, 2.45) is 11.8 Å². The summed E-state index contributed by atoms with van der Waals surface area (Å²) in [5.74, 6) is -0.928. The van der Waals surface area contributed by atoms with Crippen molar-refractivity contribution in [2.45, 2.75) is 109 Å². The maximum absolute atomic E-state index is 14.4. The fourth-order valence-electron chi connectivity index (χ4n) is 6.12. The van der Waals surface area contributed by atoms with Gasteiger partial charge in [-0.25, -0.2) is 19.5 Å². The van der Waals surface area contributed by atoms with Crippen LogP contribution in [0.15, 0.2) is 29.7 Å². The molecular weight excluding hydrogens is 804 g/mol. The van der Waals surface area contributed by atoms with Crippen LogP contribution >= 0.6 is 16.1 Å². The van der Waals surface area contributed by atoms with Crippen molar-refractivity contribution in [3.63, 3.8) is 0 Å². The topological polar surface area (TPSA) is 284 Å². The Balaban J connectivity index is 1.48. The number of H-pyrrole nitrogens is 1. The van der Waals surface area contributed by atoms with Crippen molar-refractivity contribution in [2.75, 3.05) is 30.5 Å². The van der Waals surface area contributed by atoms with Crippen LogP contribution in [0.1, 0.15) is 60.1 Å². The second-order valence-corrected chi connectivity index (χ2v) is 22.6. The van der Waals surface area contributed by atoms with Gasteiger partial charge in [0.05, 0.1) is 38.1 Å². The van der Waals surface area contributed by atoms with Crippen LogP contribution in [-0.2, 0) is 41.2 Å². The standard InChI is InChI=1S/C33H49N9O12P2Si/c1-19(2)29(44)40-32-39-28-25(30(45)41-32)37-18-42(28)31-27(52-55(46)47)26(54-57(6,7)33(3,4)5)23(51-31)16-50-56(48,49-12-8-10-34)53-22-14-21(13-20(22)15-43)38-24-9-11-35-17-36-24/h9,11,17-23,26-27,31,43H,8,12-16H2,1-7H3,(H3-,35,36,38,39,40,41,44,45,46,47)/p+1/t20-,21-,22+,23-,26-,27-,31-,56-/m1/s1. The summed E-state index contributed by atoms with van der Waals surface area (Å²) in [5, 5.41) is 24.9. The molecule has 57 heavy (non-hydrogen) atoms. The van der Waals surface area contributed by atoms with E-state index in [1.165, 1.54) is 17.2 Å². The number of phosphoric ester groups is 1. The number of aliphatic hydroxyl groups excluding tert-OH is 1. The molecule has 3 aromatic rings. The van der Waals surface area contributed by atoms with Gasteiger partial charge in [0.25, 0.3) is 5.56 Å². The summed E-state index contributed by atoms with van der Waals surface area (Å²) in [4.78, 5) is 54.8. The average Bonchev–Trinajstić information content (AvgIpc) is 3.82. The van der Waals surface area contributed by atoms with E-state index >= 15 is 0 Å². The van der Waals surface area contributed by atoms with Crippen LogP contribution < -0.4 is 16.2 Å². The van der Waals surface area contributed by atoms with E-state index in [1.807, 2.05) is 39.9 Å². The van der Waals surface area contributed by atoms with Gasteiger partial charge < -0.3 is 19.6 Å².